The van der Waals surface area contributed by atoms with Crippen molar-refractivity contribution in [2.24, 2.45) is 12.1 Å². The number of aromatic nitrogens is 2. The van der Waals surface area contributed by atoms with Crippen molar-refractivity contribution in [3.8, 4) is 5.75 Å². The lowest BCUT2D eigenvalue weighted by Crippen LogP contribution is -2.21. The Morgan fingerprint density at radius 1 is 1.21 bits per heavy atom. The summed E-state index contributed by atoms with van der Waals surface area (Å²) in [7, 11) is 1.66. The second-order valence-electron chi connectivity index (χ2n) is 5.39. The van der Waals surface area contributed by atoms with Crippen LogP contribution in [0.5, 0.6) is 5.75 Å². The van der Waals surface area contributed by atoms with E-state index in [1.54, 1.807) is 43.4 Å². The van der Waals surface area contributed by atoms with Gasteiger partial charge in [-0.2, -0.15) is 5.10 Å². The first kappa shape index (κ1) is 15.7. The molecule has 0 bridgehead atoms. The quantitative estimate of drug-likeness (QED) is 0.572. The molecule has 122 valence electrons. The van der Waals surface area contributed by atoms with Crippen molar-refractivity contribution in [1.82, 2.24) is 9.55 Å². The van der Waals surface area contributed by atoms with E-state index < -0.39 is 0 Å². The molecule has 0 fully saturated rings. The maximum Gasteiger partial charge on any atom is 0.262 e. The Morgan fingerprint density at radius 2 is 1.92 bits per heavy atom. The number of para-hydroxylation sites is 1. The van der Waals surface area contributed by atoms with Gasteiger partial charge in [0.15, 0.2) is 0 Å². The van der Waals surface area contributed by atoms with E-state index in [1.165, 1.54) is 4.57 Å². The number of nitrogens with zero attached hydrogens (tertiary/aromatic N) is 3. The van der Waals surface area contributed by atoms with E-state index in [0.29, 0.717) is 23.3 Å². The summed E-state index contributed by atoms with van der Waals surface area (Å²) in [5, 5.41) is 14.3. The molecule has 0 spiro atoms. The predicted molar refractivity (Wildman–Crippen MR) is 95.5 cm³/mol. The van der Waals surface area contributed by atoms with Crippen LogP contribution < -0.4 is 11.0 Å². The molecule has 0 aliphatic carbocycles. The number of fused-ring (bicyclic) bond motifs is 1. The van der Waals surface area contributed by atoms with E-state index >= 15 is 0 Å². The predicted octanol–water partition coefficient (Wildman–Crippen LogP) is 2.87. The Hall–Kier alpha value is -3.15. The molecular weight excluding hydrogens is 304 g/mol. The number of hydrogen-bond donors (Lipinski definition) is 2. The zero-order valence-corrected chi connectivity index (χ0v) is 13.5. The number of nitrogens with one attached hydrogen (secondary N) is 1. The summed E-state index contributed by atoms with van der Waals surface area (Å²) < 4.78 is 1.44. The SMILES string of the molecule is CC/C(=N\Nc1nc2ccccc2c(=O)n1C)c1ccc(O)cc1. The minimum Gasteiger partial charge on any atom is -0.508 e. The lowest BCUT2D eigenvalue weighted by Gasteiger charge is -2.10. The van der Waals surface area contributed by atoms with Gasteiger partial charge in [0.2, 0.25) is 5.95 Å². The normalized spacial score (nSPS) is 11.7. The number of anilines is 1. The van der Waals surface area contributed by atoms with Gasteiger partial charge in [-0.1, -0.05) is 19.1 Å². The fraction of sp³-hybridized carbons (Fsp3) is 0.167. The molecule has 3 aromatic rings. The lowest BCUT2D eigenvalue weighted by molar-refractivity contribution is 0.475. The van der Waals surface area contributed by atoms with Gasteiger partial charge in [0.05, 0.1) is 16.6 Å². The molecule has 24 heavy (non-hydrogen) atoms. The fourth-order valence-corrected chi connectivity index (χ4v) is 2.44. The second kappa shape index (κ2) is 6.54. The molecule has 3 rings (SSSR count). The van der Waals surface area contributed by atoms with Gasteiger partial charge in [-0.15, -0.1) is 0 Å². The minimum atomic E-state index is -0.124. The third-order valence-electron chi connectivity index (χ3n) is 3.81. The van der Waals surface area contributed by atoms with E-state index in [4.69, 9.17) is 0 Å². The largest absolute Gasteiger partial charge is 0.508 e. The van der Waals surface area contributed by atoms with Crippen molar-refractivity contribution in [2.45, 2.75) is 13.3 Å². The average Bonchev–Trinajstić information content (AvgIpc) is 2.61. The van der Waals surface area contributed by atoms with Gasteiger partial charge in [0.1, 0.15) is 5.75 Å². The molecule has 0 saturated carbocycles. The van der Waals surface area contributed by atoms with E-state index in [0.717, 1.165) is 11.3 Å². The maximum atomic E-state index is 12.4. The summed E-state index contributed by atoms with van der Waals surface area (Å²) >= 11 is 0. The number of rotatable bonds is 4. The van der Waals surface area contributed by atoms with Gasteiger partial charge < -0.3 is 5.11 Å². The third-order valence-corrected chi connectivity index (χ3v) is 3.81. The van der Waals surface area contributed by atoms with Gasteiger partial charge >= 0.3 is 0 Å². The lowest BCUT2D eigenvalue weighted by atomic mass is 10.1. The van der Waals surface area contributed by atoms with Crippen LogP contribution in [0.15, 0.2) is 58.4 Å². The van der Waals surface area contributed by atoms with Crippen LogP contribution in [0.3, 0.4) is 0 Å². The molecule has 6 heteroatoms. The second-order valence-corrected chi connectivity index (χ2v) is 5.39. The van der Waals surface area contributed by atoms with Crippen LogP contribution in [0.25, 0.3) is 10.9 Å². The number of hydrogen-bond acceptors (Lipinski definition) is 5. The van der Waals surface area contributed by atoms with E-state index in [9.17, 15) is 9.90 Å². The highest BCUT2D eigenvalue weighted by atomic mass is 16.3. The molecule has 0 unspecified atom stereocenters. The Morgan fingerprint density at radius 3 is 2.62 bits per heavy atom. The monoisotopic (exact) mass is 322 g/mol. The number of phenols is 1. The van der Waals surface area contributed by atoms with E-state index in [1.807, 2.05) is 19.1 Å². The molecular formula is C18H18N4O2. The molecule has 6 nitrogen and oxygen atoms in total. The van der Waals surface area contributed by atoms with Crippen molar-refractivity contribution in [1.29, 1.82) is 0 Å². The highest BCUT2D eigenvalue weighted by Crippen LogP contribution is 2.13. The van der Waals surface area contributed by atoms with Crippen molar-refractivity contribution in [3.05, 3.63) is 64.4 Å². The Bertz CT molecular complexity index is 959. The maximum absolute atomic E-state index is 12.4. The molecule has 0 amide bonds. The summed E-state index contributed by atoms with van der Waals surface area (Å²) in [4.78, 5) is 16.8. The number of phenolic OH excluding ortho intramolecular Hbond substituents is 1. The highest BCUT2D eigenvalue weighted by Gasteiger charge is 2.08. The van der Waals surface area contributed by atoms with E-state index in [-0.39, 0.29) is 11.3 Å². The molecule has 0 aliphatic heterocycles. The Labute approximate surface area is 139 Å². The zero-order valence-electron chi connectivity index (χ0n) is 13.5. The van der Waals surface area contributed by atoms with Gasteiger partial charge in [-0.25, -0.2) is 10.4 Å². The van der Waals surface area contributed by atoms with E-state index in [2.05, 4.69) is 15.5 Å². The van der Waals surface area contributed by atoms with Crippen LogP contribution in [0, 0.1) is 0 Å². The van der Waals surface area contributed by atoms with Crippen LogP contribution in [0.2, 0.25) is 0 Å². The van der Waals surface area contributed by atoms with Crippen LogP contribution in [0.1, 0.15) is 18.9 Å². The minimum absolute atomic E-state index is 0.124. The summed E-state index contributed by atoms with van der Waals surface area (Å²) in [6, 6.07) is 14.0. The van der Waals surface area contributed by atoms with Gasteiger partial charge in [-0.3, -0.25) is 9.36 Å². The van der Waals surface area contributed by atoms with Crippen LogP contribution in [0.4, 0.5) is 5.95 Å². The number of aromatic hydroxyl groups is 1. The first-order valence-electron chi connectivity index (χ1n) is 7.68. The van der Waals surface area contributed by atoms with Crippen molar-refractivity contribution in [2.75, 3.05) is 5.43 Å². The Balaban J connectivity index is 1.98. The topological polar surface area (TPSA) is 79.5 Å². The first-order valence-corrected chi connectivity index (χ1v) is 7.68. The molecule has 1 heterocycles. The van der Waals surface area contributed by atoms with Crippen LogP contribution in [-0.4, -0.2) is 20.4 Å². The van der Waals surface area contributed by atoms with Crippen molar-refractivity contribution >= 4 is 22.6 Å². The molecule has 0 atom stereocenters. The molecule has 1 aromatic heterocycles. The third kappa shape index (κ3) is 2.99. The summed E-state index contributed by atoms with van der Waals surface area (Å²) in [5.74, 6) is 0.587. The molecule has 0 aliphatic rings. The van der Waals surface area contributed by atoms with Crippen LogP contribution >= 0.6 is 0 Å². The van der Waals surface area contributed by atoms with Gasteiger partial charge in [0.25, 0.3) is 5.56 Å². The summed E-state index contributed by atoms with van der Waals surface area (Å²) in [6.07, 6.45) is 0.694. The first-order chi connectivity index (χ1) is 11.6. The average molecular weight is 322 g/mol. The van der Waals surface area contributed by atoms with Crippen LogP contribution in [-0.2, 0) is 7.05 Å². The smallest absolute Gasteiger partial charge is 0.262 e. The Kier molecular flexibility index (Phi) is 4.29. The standard InChI is InChI=1S/C18H18N4O2/c1-3-15(12-8-10-13(23)11-9-12)20-21-18-19-16-7-5-4-6-14(16)17(24)22(18)2/h4-11,23H,3H2,1-2H3,(H,19,21)/b20-15+. The molecule has 0 saturated heterocycles. The zero-order chi connectivity index (χ0) is 17.1. The molecule has 2 aromatic carbocycles. The van der Waals surface area contributed by atoms with Crippen molar-refractivity contribution < 1.29 is 5.11 Å². The van der Waals surface area contributed by atoms with Crippen molar-refractivity contribution in [3.63, 3.8) is 0 Å². The summed E-state index contributed by atoms with van der Waals surface area (Å²) in [5.41, 5.74) is 5.09. The molecule has 0 radical (unpaired) electrons. The number of benzene rings is 2. The molecule has 2 N–H and O–H groups in total. The van der Waals surface area contributed by atoms with Gasteiger partial charge in [0, 0.05) is 7.05 Å². The van der Waals surface area contributed by atoms with Gasteiger partial charge in [-0.05, 0) is 48.4 Å². The summed E-state index contributed by atoms with van der Waals surface area (Å²) in [6.45, 7) is 1.99. The highest BCUT2D eigenvalue weighted by molar-refractivity contribution is 6.00. The number of hydrazone groups is 1. The fourth-order valence-electron chi connectivity index (χ4n) is 2.44.